The Morgan fingerprint density at radius 2 is 1.12 bits per heavy atom. The van der Waals surface area contributed by atoms with Crippen LogP contribution in [0.25, 0.3) is 65.5 Å². The summed E-state index contributed by atoms with van der Waals surface area (Å²) in [6.07, 6.45) is 0. The molecule has 0 fully saturated rings. The summed E-state index contributed by atoms with van der Waals surface area (Å²) in [5.74, 6) is 0.746. The van der Waals surface area contributed by atoms with Gasteiger partial charge in [-0.15, -0.1) is 0 Å². The zero-order valence-corrected chi connectivity index (χ0v) is 17.5. The minimum absolute atomic E-state index is 0.00374. The molecule has 1 aliphatic heterocycles. The van der Waals surface area contributed by atoms with Gasteiger partial charge in [0.25, 0.3) is 5.91 Å². The summed E-state index contributed by atoms with van der Waals surface area (Å²) in [7, 11) is 0. The van der Waals surface area contributed by atoms with Crippen LogP contribution >= 0.6 is 0 Å². The largest absolute Gasteiger partial charge is 0.268 e. The lowest BCUT2D eigenvalue weighted by Crippen LogP contribution is -2.06. The van der Waals surface area contributed by atoms with E-state index >= 15 is 0 Å². The van der Waals surface area contributed by atoms with Gasteiger partial charge in [-0.1, -0.05) is 84.9 Å². The van der Waals surface area contributed by atoms with Crippen molar-refractivity contribution in [3.05, 3.63) is 103 Å². The Morgan fingerprint density at radius 1 is 0.545 bits per heavy atom. The topological polar surface area (TPSA) is 34.9 Å². The Bertz CT molecular complexity index is 1990. The highest BCUT2D eigenvalue weighted by Crippen LogP contribution is 2.47. The molecule has 0 atom stereocenters. The lowest BCUT2D eigenvalue weighted by atomic mass is 9.87. The first-order valence-electron chi connectivity index (χ1n) is 11.1. The summed E-state index contributed by atoms with van der Waals surface area (Å²) in [6, 6.07) is 33.4. The summed E-state index contributed by atoms with van der Waals surface area (Å²) in [5, 5.41) is 9.13. The molecule has 0 amide bonds. The molecule has 3 heteroatoms. The van der Waals surface area contributed by atoms with Crippen molar-refractivity contribution in [1.82, 2.24) is 9.55 Å². The van der Waals surface area contributed by atoms with Crippen molar-refractivity contribution in [2.75, 3.05) is 0 Å². The van der Waals surface area contributed by atoms with Crippen LogP contribution in [-0.4, -0.2) is 15.5 Å². The smallest absolute Gasteiger partial charge is 0.265 e. The molecule has 152 valence electrons. The molecule has 2 heterocycles. The number of imidazole rings is 1. The third-order valence-corrected chi connectivity index (χ3v) is 7.10. The fourth-order valence-corrected chi connectivity index (χ4v) is 5.73. The number of rotatable bonds is 0. The molecule has 8 rings (SSSR count). The second kappa shape index (κ2) is 5.84. The van der Waals surface area contributed by atoms with Gasteiger partial charge in [0.2, 0.25) is 0 Å². The van der Waals surface area contributed by atoms with E-state index in [1.54, 1.807) is 4.57 Å². The average molecular weight is 420 g/mol. The van der Waals surface area contributed by atoms with Gasteiger partial charge in [0.1, 0.15) is 5.82 Å². The van der Waals surface area contributed by atoms with Gasteiger partial charge in [-0.3, -0.25) is 9.36 Å². The first kappa shape index (κ1) is 17.1. The second-order valence-corrected chi connectivity index (χ2v) is 8.73. The van der Waals surface area contributed by atoms with E-state index in [1.165, 1.54) is 26.9 Å². The summed E-state index contributed by atoms with van der Waals surface area (Å²) in [6.45, 7) is 0. The zero-order valence-electron chi connectivity index (χ0n) is 17.5. The van der Waals surface area contributed by atoms with Crippen molar-refractivity contribution in [2.45, 2.75) is 0 Å². The van der Waals surface area contributed by atoms with E-state index in [4.69, 9.17) is 4.98 Å². The number of hydrogen-bond acceptors (Lipinski definition) is 2. The Labute approximate surface area is 188 Å². The molecular formula is C30H16N2O. The molecule has 0 saturated carbocycles. The molecule has 0 aliphatic carbocycles. The normalized spacial score (nSPS) is 12.9. The van der Waals surface area contributed by atoms with Crippen LogP contribution in [0, 0.1) is 0 Å². The molecule has 33 heavy (non-hydrogen) atoms. The van der Waals surface area contributed by atoms with Crippen LogP contribution in [0.15, 0.2) is 97.1 Å². The predicted molar refractivity (Wildman–Crippen MR) is 135 cm³/mol. The maximum atomic E-state index is 13.9. The molecule has 0 unspecified atom stereocenters. The summed E-state index contributed by atoms with van der Waals surface area (Å²) >= 11 is 0. The number of hydrogen-bond donors (Lipinski definition) is 0. The first-order chi connectivity index (χ1) is 16.3. The highest BCUT2D eigenvalue weighted by molar-refractivity contribution is 6.36. The molecule has 1 aromatic heterocycles. The van der Waals surface area contributed by atoms with Crippen LogP contribution in [0.4, 0.5) is 0 Å². The van der Waals surface area contributed by atoms with Gasteiger partial charge in [-0.05, 0) is 55.2 Å². The molecule has 7 aromatic rings. The van der Waals surface area contributed by atoms with E-state index < -0.39 is 0 Å². The maximum absolute atomic E-state index is 13.9. The third kappa shape index (κ3) is 2.00. The number of benzene rings is 6. The molecule has 0 radical (unpaired) electrons. The minimum atomic E-state index is 0.00374. The number of carbonyl (C=O) groups excluding carboxylic acids is 1. The van der Waals surface area contributed by atoms with E-state index in [0.29, 0.717) is 0 Å². The highest BCUT2D eigenvalue weighted by atomic mass is 16.2. The summed E-state index contributed by atoms with van der Waals surface area (Å²) in [5.41, 5.74) is 3.40. The number of para-hydroxylation sites is 2. The molecule has 0 bridgehead atoms. The molecule has 6 aromatic carbocycles. The lowest BCUT2D eigenvalue weighted by molar-refractivity contribution is 0.0975. The van der Waals surface area contributed by atoms with Gasteiger partial charge in [-0.2, -0.15) is 0 Å². The summed E-state index contributed by atoms with van der Waals surface area (Å²) in [4.78, 5) is 18.9. The number of fused-ring (bicyclic) bond motifs is 14. The Balaban J connectivity index is 1.71. The maximum Gasteiger partial charge on any atom is 0.265 e. The van der Waals surface area contributed by atoms with Crippen LogP contribution < -0.4 is 0 Å². The fraction of sp³-hybridized carbons (Fsp3) is 0. The Hall–Kier alpha value is -4.50. The van der Waals surface area contributed by atoms with E-state index in [-0.39, 0.29) is 5.91 Å². The second-order valence-electron chi connectivity index (χ2n) is 8.73. The number of nitrogens with zero attached hydrogens (tertiary/aromatic N) is 2. The van der Waals surface area contributed by atoms with Gasteiger partial charge < -0.3 is 0 Å². The lowest BCUT2D eigenvalue weighted by Gasteiger charge is -2.15. The molecule has 0 saturated heterocycles. The zero-order chi connectivity index (χ0) is 21.7. The van der Waals surface area contributed by atoms with E-state index in [0.717, 1.165) is 44.1 Å². The van der Waals surface area contributed by atoms with E-state index in [1.807, 2.05) is 24.3 Å². The Morgan fingerprint density at radius 3 is 1.82 bits per heavy atom. The molecule has 0 N–H and O–H groups in total. The minimum Gasteiger partial charge on any atom is -0.268 e. The van der Waals surface area contributed by atoms with Crippen molar-refractivity contribution in [3.63, 3.8) is 0 Å². The quantitative estimate of drug-likeness (QED) is 0.241. The molecule has 1 aliphatic rings. The van der Waals surface area contributed by atoms with Gasteiger partial charge in [0, 0.05) is 5.56 Å². The van der Waals surface area contributed by atoms with Crippen LogP contribution in [0.1, 0.15) is 10.4 Å². The predicted octanol–water partition coefficient (Wildman–Crippen LogP) is 7.32. The van der Waals surface area contributed by atoms with Gasteiger partial charge in [-0.25, -0.2) is 4.98 Å². The van der Waals surface area contributed by atoms with E-state index in [2.05, 4.69) is 72.8 Å². The van der Waals surface area contributed by atoms with Gasteiger partial charge in [0.05, 0.1) is 16.6 Å². The first-order valence-corrected chi connectivity index (χ1v) is 11.1. The van der Waals surface area contributed by atoms with Crippen molar-refractivity contribution in [3.8, 4) is 11.4 Å². The fourth-order valence-electron chi connectivity index (χ4n) is 5.73. The van der Waals surface area contributed by atoms with Crippen LogP contribution in [0.5, 0.6) is 0 Å². The van der Waals surface area contributed by atoms with Crippen LogP contribution in [0.2, 0.25) is 0 Å². The molecule has 0 spiro atoms. The van der Waals surface area contributed by atoms with Gasteiger partial charge >= 0.3 is 0 Å². The van der Waals surface area contributed by atoms with Crippen LogP contribution in [-0.2, 0) is 0 Å². The molecule has 3 nitrogen and oxygen atoms in total. The van der Waals surface area contributed by atoms with Gasteiger partial charge in [0.15, 0.2) is 0 Å². The van der Waals surface area contributed by atoms with Crippen molar-refractivity contribution in [2.24, 2.45) is 0 Å². The number of carbonyl (C=O) groups is 1. The third-order valence-electron chi connectivity index (χ3n) is 7.10. The summed E-state index contributed by atoms with van der Waals surface area (Å²) < 4.78 is 1.79. The van der Waals surface area contributed by atoms with E-state index in [9.17, 15) is 4.79 Å². The Kier molecular flexibility index (Phi) is 3.03. The number of aromatic nitrogens is 2. The standard InChI is InChI=1S/C30H16N2O/c33-30-28-22-16-14-18-8-2-4-10-20(18)26(22)25-19-9-3-1-7-17(19)13-15-21(25)27(28)29-31-23-11-5-6-12-24(23)32(29)30/h1-16H. The monoisotopic (exact) mass is 420 g/mol. The highest BCUT2D eigenvalue weighted by Gasteiger charge is 2.34. The van der Waals surface area contributed by atoms with Crippen molar-refractivity contribution < 1.29 is 4.79 Å². The van der Waals surface area contributed by atoms with Crippen molar-refractivity contribution >= 4 is 60.0 Å². The molecular weight excluding hydrogens is 404 g/mol. The average Bonchev–Trinajstić information content (AvgIpc) is 3.38. The van der Waals surface area contributed by atoms with Crippen molar-refractivity contribution in [1.29, 1.82) is 0 Å². The van der Waals surface area contributed by atoms with Crippen LogP contribution in [0.3, 0.4) is 0 Å². The SMILES string of the molecule is O=C1c2c(c3ccc4ccccc4c3c3c2ccc2ccccc23)-c2nc3ccccc3n21.